The van der Waals surface area contributed by atoms with Gasteiger partial charge in [0.2, 0.25) is 0 Å². The number of halogens is 1. The molecule has 0 saturated carbocycles. The molecule has 0 heterocycles. The van der Waals surface area contributed by atoms with Gasteiger partial charge in [0.05, 0.1) is 0 Å². The highest BCUT2D eigenvalue weighted by atomic mass is 35.6. The number of allylic oxidation sites excluding steroid dienone is 1. The predicted octanol–water partition coefficient (Wildman–Crippen LogP) is 3.40. The second-order valence-corrected chi connectivity index (χ2v) is 10.2. The SMILES string of the molecule is C=C(C)CC[Si](C)(C)Cl. The van der Waals surface area contributed by atoms with E-state index >= 15 is 0 Å². The lowest BCUT2D eigenvalue weighted by Gasteiger charge is -2.11. The molecule has 0 saturated heterocycles. The van der Waals surface area contributed by atoms with Crippen LogP contribution >= 0.6 is 11.1 Å². The van der Waals surface area contributed by atoms with Gasteiger partial charge in [0, 0.05) is 0 Å². The third-order valence-electron chi connectivity index (χ3n) is 1.15. The van der Waals surface area contributed by atoms with E-state index in [1.54, 1.807) is 0 Å². The molecule has 0 amide bonds. The first-order chi connectivity index (χ1) is 3.92. The summed E-state index contributed by atoms with van der Waals surface area (Å²) in [4.78, 5) is 0. The molecule has 0 fully saturated rings. The summed E-state index contributed by atoms with van der Waals surface area (Å²) in [5, 5.41) is 0. The molecule has 0 aliphatic heterocycles. The third kappa shape index (κ3) is 8.25. The van der Waals surface area contributed by atoms with Gasteiger partial charge in [0.15, 0.2) is 7.38 Å². The molecular weight excluding hydrogens is 148 g/mol. The monoisotopic (exact) mass is 162 g/mol. The van der Waals surface area contributed by atoms with Gasteiger partial charge in [-0.2, -0.15) is 11.1 Å². The van der Waals surface area contributed by atoms with Crippen LogP contribution in [0.25, 0.3) is 0 Å². The Morgan fingerprint density at radius 1 is 1.56 bits per heavy atom. The molecule has 0 nitrogen and oxygen atoms in total. The maximum atomic E-state index is 6.08. The summed E-state index contributed by atoms with van der Waals surface area (Å²) in [7, 11) is -1.31. The maximum absolute atomic E-state index is 6.08. The van der Waals surface area contributed by atoms with Crippen LogP contribution < -0.4 is 0 Å². The molecule has 0 N–H and O–H groups in total. The Labute approximate surface area is 63.6 Å². The average molecular weight is 163 g/mol. The van der Waals surface area contributed by atoms with Crippen molar-refractivity contribution in [2.45, 2.75) is 32.5 Å². The molecular formula is C7H15ClSi. The highest BCUT2D eigenvalue weighted by Gasteiger charge is 2.15. The van der Waals surface area contributed by atoms with Crippen molar-refractivity contribution in [2.75, 3.05) is 0 Å². The van der Waals surface area contributed by atoms with E-state index in [1.807, 2.05) is 0 Å². The Balaban J connectivity index is 3.39. The van der Waals surface area contributed by atoms with Gasteiger partial charge < -0.3 is 0 Å². The van der Waals surface area contributed by atoms with Gasteiger partial charge in [0.25, 0.3) is 0 Å². The quantitative estimate of drug-likeness (QED) is 0.339. The van der Waals surface area contributed by atoms with Gasteiger partial charge in [-0.05, 0) is 19.4 Å². The molecule has 0 unspecified atom stereocenters. The lowest BCUT2D eigenvalue weighted by atomic mass is 10.3. The fourth-order valence-electron chi connectivity index (χ4n) is 0.511. The first-order valence-electron chi connectivity index (χ1n) is 3.25. The van der Waals surface area contributed by atoms with Crippen LogP contribution in [0.3, 0.4) is 0 Å². The number of hydrogen-bond donors (Lipinski definition) is 0. The van der Waals surface area contributed by atoms with Crippen molar-refractivity contribution in [3.05, 3.63) is 12.2 Å². The summed E-state index contributed by atoms with van der Waals surface area (Å²) >= 11 is 6.08. The van der Waals surface area contributed by atoms with Gasteiger partial charge in [-0.1, -0.05) is 18.7 Å². The maximum Gasteiger partial charge on any atom is 0.150 e. The Kier molecular flexibility index (Phi) is 3.52. The van der Waals surface area contributed by atoms with Crippen LogP contribution in [0.15, 0.2) is 12.2 Å². The second kappa shape index (κ2) is 3.42. The van der Waals surface area contributed by atoms with E-state index in [2.05, 4.69) is 26.6 Å². The van der Waals surface area contributed by atoms with Crippen LogP contribution in [-0.4, -0.2) is 7.38 Å². The Hall–Kier alpha value is 0.247. The largest absolute Gasteiger partial charge is 0.168 e. The molecule has 0 bridgehead atoms. The van der Waals surface area contributed by atoms with Crippen LogP contribution in [0.2, 0.25) is 19.1 Å². The van der Waals surface area contributed by atoms with Gasteiger partial charge >= 0.3 is 0 Å². The van der Waals surface area contributed by atoms with Crippen LogP contribution in [0.4, 0.5) is 0 Å². The molecule has 0 aliphatic rings. The van der Waals surface area contributed by atoms with Crippen LogP contribution in [0.1, 0.15) is 13.3 Å². The summed E-state index contributed by atoms with van der Waals surface area (Å²) in [5.41, 5.74) is 1.25. The molecule has 0 rings (SSSR count). The third-order valence-corrected chi connectivity index (χ3v) is 3.15. The molecule has 54 valence electrons. The fraction of sp³-hybridized carbons (Fsp3) is 0.714. The number of rotatable bonds is 3. The zero-order valence-corrected chi connectivity index (χ0v) is 8.26. The summed E-state index contributed by atoms with van der Waals surface area (Å²) in [5.74, 6) is 0. The highest BCUT2D eigenvalue weighted by molar-refractivity contribution is 7.19. The van der Waals surface area contributed by atoms with E-state index in [1.165, 1.54) is 5.57 Å². The van der Waals surface area contributed by atoms with E-state index < -0.39 is 7.38 Å². The van der Waals surface area contributed by atoms with Crippen molar-refractivity contribution in [1.82, 2.24) is 0 Å². The van der Waals surface area contributed by atoms with E-state index in [-0.39, 0.29) is 0 Å². The molecule has 0 aromatic heterocycles. The van der Waals surface area contributed by atoms with Crippen LogP contribution in [0, 0.1) is 0 Å². The fourth-order valence-corrected chi connectivity index (χ4v) is 1.82. The summed E-state index contributed by atoms with van der Waals surface area (Å²) < 4.78 is 0. The minimum Gasteiger partial charge on any atom is -0.168 e. The molecule has 2 heteroatoms. The topological polar surface area (TPSA) is 0 Å². The average Bonchev–Trinajstić information content (AvgIpc) is 1.59. The van der Waals surface area contributed by atoms with Crippen molar-refractivity contribution in [1.29, 1.82) is 0 Å². The first-order valence-corrected chi connectivity index (χ1v) is 7.47. The van der Waals surface area contributed by atoms with Gasteiger partial charge in [-0.25, -0.2) is 0 Å². The lowest BCUT2D eigenvalue weighted by Crippen LogP contribution is -2.15. The van der Waals surface area contributed by atoms with Crippen LogP contribution in [-0.2, 0) is 0 Å². The minimum atomic E-state index is -1.31. The number of hydrogen-bond acceptors (Lipinski definition) is 0. The standard InChI is InChI=1S/C7H15ClSi/c1-7(2)5-6-9(3,4)8/h1,5-6H2,2-4H3. The molecule has 0 aliphatic carbocycles. The van der Waals surface area contributed by atoms with Crippen molar-refractivity contribution < 1.29 is 0 Å². The van der Waals surface area contributed by atoms with Crippen molar-refractivity contribution in [3.8, 4) is 0 Å². The zero-order valence-electron chi connectivity index (χ0n) is 6.50. The Bertz CT molecular complexity index is 102. The second-order valence-electron chi connectivity index (χ2n) is 3.18. The van der Waals surface area contributed by atoms with E-state index in [4.69, 9.17) is 11.1 Å². The Morgan fingerprint density at radius 3 is 2.11 bits per heavy atom. The molecule has 0 radical (unpaired) electrons. The molecule has 0 aromatic carbocycles. The van der Waals surface area contributed by atoms with Crippen LogP contribution in [0.5, 0.6) is 0 Å². The summed E-state index contributed by atoms with van der Waals surface area (Å²) in [6.45, 7) is 10.2. The minimum absolute atomic E-state index is 1.10. The van der Waals surface area contributed by atoms with Crippen molar-refractivity contribution >= 4 is 18.5 Å². The lowest BCUT2D eigenvalue weighted by molar-refractivity contribution is 1.08. The van der Waals surface area contributed by atoms with Crippen molar-refractivity contribution in [3.63, 3.8) is 0 Å². The zero-order chi connectivity index (χ0) is 7.49. The molecule has 0 aromatic rings. The van der Waals surface area contributed by atoms with Gasteiger partial charge in [-0.15, -0.1) is 6.58 Å². The van der Waals surface area contributed by atoms with Crippen molar-refractivity contribution in [2.24, 2.45) is 0 Å². The summed E-state index contributed by atoms with van der Waals surface area (Å²) in [6, 6.07) is 1.16. The van der Waals surface area contributed by atoms with E-state index in [9.17, 15) is 0 Å². The molecule has 0 spiro atoms. The van der Waals surface area contributed by atoms with E-state index in [0.29, 0.717) is 0 Å². The normalized spacial score (nSPS) is 11.6. The Morgan fingerprint density at radius 2 is 2.00 bits per heavy atom. The molecule has 9 heavy (non-hydrogen) atoms. The van der Waals surface area contributed by atoms with Gasteiger partial charge in [-0.3, -0.25) is 0 Å². The first kappa shape index (κ1) is 9.25. The highest BCUT2D eigenvalue weighted by Crippen LogP contribution is 2.18. The molecule has 0 atom stereocenters. The summed E-state index contributed by atoms with van der Waals surface area (Å²) in [6.07, 6.45) is 1.10. The predicted molar refractivity (Wildman–Crippen MR) is 47.6 cm³/mol. The smallest absolute Gasteiger partial charge is 0.150 e. The van der Waals surface area contributed by atoms with Gasteiger partial charge in [0.1, 0.15) is 0 Å². The van der Waals surface area contributed by atoms with E-state index in [0.717, 1.165) is 12.5 Å².